The summed E-state index contributed by atoms with van der Waals surface area (Å²) in [6, 6.07) is 4.83. The van der Waals surface area contributed by atoms with Crippen LogP contribution in [0.4, 0.5) is 0 Å². The first-order chi connectivity index (χ1) is 10.1. The van der Waals surface area contributed by atoms with Crippen LogP contribution in [0.3, 0.4) is 0 Å². The van der Waals surface area contributed by atoms with E-state index in [0.29, 0.717) is 23.7 Å². The fourth-order valence-corrected chi connectivity index (χ4v) is 1.67. The summed E-state index contributed by atoms with van der Waals surface area (Å²) < 4.78 is 20.9. The average Bonchev–Trinajstić information content (AvgIpc) is 2.50. The molecule has 0 aliphatic rings. The van der Waals surface area contributed by atoms with Crippen molar-refractivity contribution in [3.8, 4) is 11.5 Å². The quantitative estimate of drug-likeness (QED) is 0.656. The summed E-state index contributed by atoms with van der Waals surface area (Å²) >= 11 is 0. The number of aliphatic hydroxyl groups excluding tert-OH is 1. The van der Waals surface area contributed by atoms with Crippen molar-refractivity contribution >= 4 is 6.29 Å². The molecule has 118 valence electrons. The van der Waals surface area contributed by atoms with Crippen molar-refractivity contribution in [2.45, 2.75) is 19.1 Å². The fraction of sp³-hybridized carbons (Fsp3) is 0.533. The minimum Gasteiger partial charge on any atom is -0.493 e. The van der Waals surface area contributed by atoms with Crippen LogP contribution in [0.5, 0.6) is 11.5 Å². The summed E-state index contributed by atoms with van der Waals surface area (Å²) in [6.45, 7) is 2.50. The number of rotatable bonds is 10. The Hall–Kier alpha value is -1.63. The van der Waals surface area contributed by atoms with Crippen LogP contribution in [0.15, 0.2) is 18.2 Å². The van der Waals surface area contributed by atoms with Crippen LogP contribution in [0, 0.1) is 0 Å². The van der Waals surface area contributed by atoms with E-state index < -0.39 is 6.10 Å². The summed E-state index contributed by atoms with van der Waals surface area (Å²) in [5.74, 6) is 0.910. The van der Waals surface area contributed by atoms with Crippen LogP contribution in [-0.2, 0) is 9.47 Å². The highest BCUT2D eigenvalue weighted by molar-refractivity contribution is 5.76. The lowest BCUT2D eigenvalue weighted by molar-refractivity contribution is -0.0424. The van der Waals surface area contributed by atoms with Gasteiger partial charge < -0.3 is 24.1 Å². The van der Waals surface area contributed by atoms with Crippen molar-refractivity contribution in [2.24, 2.45) is 0 Å². The van der Waals surface area contributed by atoms with Crippen LogP contribution in [0.2, 0.25) is 0 Å². The molecule has 6 nitrogen and oxygen atoms in total. The van der Waals surface area contributed by atoms with E-state index in [4.69, 9.17) is 18.9 Å². The third-order valence-electron chi connectivity index (χ3n) is 2.73. The standard InChI is InChI=1S/C15H22O6/c1-11(8-18-2)20-9-13(17)10-21-15-6-12(7-16)4-5-14(15)19-3/h4-7,11,13,17H,8-10H2,1-3H3. The monoisotopic (exact) mass is 298 g/mol. The molecule has 1 aromatic carbocycles. The van der Waals surface area contributed by atoms with E-state index >= 15 is 0 Å². The highest BCUT2D eigenvalue weighted by Gasteiger charge is 2.11. The maximum absolute atomic E-state index is 10.8. The molecule has 0 fully saturated rings. The molecule has 0 bridgehead atoms. The van der Waals surface area contributed by atoms with Crippen LogP contribution < -0.4 is 9.47 Å². The molecule has 0 saturated heterocycles. The number of carbonyl (C=O) groups excluding carboxylic acids is 1. The van der Waals surface area contributed by atoms with Gasteiger partial charge in [0.15, 0.2) is 11.5 Å². The van der Waals surface area contributed by atoms with Gasteiger partial charge in [0.2, 0.25) is 0 Å². The van der Waals surface area contributed by atoms with Gasteiger partial charge in [-0.1, -0.05) is 0 Å². The lowest BCUT2D eigenvalue weighted by atomic mass is 10.2. The molecule has 1 aromatic rings. The second kappa shape index (κ2) is 9.33. The van der Waals surface area contributed by atoms with Crippen molar-refractivity contribution in [2.75, 3.05) is 34.0 Å². The van der Waals surface area contributed by atoms with Gasteiger partial charge in [-0.15, -0.1) is 0 Å². The van der Waals surface area contributed by atoms with Crippen LogP contribution >= 0.6 is 0 Å². The Kier molecular flexibility index (Phi) is 7.74. The predicted octanol–water partition coefficient (Wildman–Crippen LogP) is 1.30. The van der Waals surface area contributed by atoms with Crippen molar-refractivity contribution in [1.29, 1.82) is 0 Å². The molecule has 0 amide bonds. The van der Waals surface area contributed by atoms with Crippen molar-refractivity contribution < 1.29 is 28.8 Å². The van der Waals surface area contributed by atoms with Gasteiger partial charge >= 0.3 is 0 Å². The number of carbonyl (C=O) groups is 1. The minimum absolute atomic E-state index is 0.0401. The Morgan fingerprint density at radius 3 is 2.57 bits per heavy atom. The average molecular weight is 298 g/mol. The fourth-order valence-electron chi connectivity index (χ4n) is 1.67. The molecule has 0 radical (unpaired) electrons. The first-order valence-corrected chi connectivity index (χ1v) is 6.65. The Morgan fingerprint density at radius 1 is 1.19 bits per heavy atom. The third-order valence-corrected chi connectivity index (χ3v) is 2.73. The molecule has 0 aliphatic heterocycles. The Bertz CT molecular complexity index is 434. The SMILES string of the molecule is COCC(C)OCC(O)COc1cc(C=O)ccc1OC. The summed E-state index contributed by atoms with van der Waals surface area (Å²) in [7, 11) is 3.10. The molecule has 0 spiro atoms. The van der Waals surface area contributed by atoms with Gasteiger partial charge in [0.25, 0.3) is 0 Å². The van der Waals surface area contributed by atoms with Crippen LogP contribution in [0.25, 0.3) is 0 Å². The van der Waals surface area contributed by atoms with E-state index in [-0.39, 0.29) is 19.3 Å². The zero-order valence-electron chi connectivity index (χ0n) is 12.6. The number of benzene rings is 1. The molecule has 0 aromatic heterocycles. The molecule has 6 heteroatoms. The zero-order chi connectivity index (χ0) is 15.7. The smallest absolute Gasteiger partial charge is 0.162 e. The number of aliphatic hydroxyl groups is 1. The molecule has 1 N–H and O–H groups in total. The highest BCUT2D eigenvalue weighted by Crippen LogP contribution is 2.27. The first kappa shape index (κ1) is 17.4. The van der Waals surface area contributed by atoms with Gasteiger partial charge in [0.1, 0.15) is 19.0 Å². The maximum Gasteiger partial charge on any atom is 0.162 e. The zero-order valence-corrected chi connectivity index (χ0v) is 12.6. The number of hydrogen-bond donors (Lipinski definition) is 1. The first-order valence-electron chi connectivity index (χ1n) is 6.65. The Labute approximate surface area is 124 Å². The van der Waals surface area contributed by atoms with Crippen LogP contribution in [-0.4, -0.2) is 57.6 Å². The van der Waals surface area contributed by atoms with E-state index in [9.17, 15) is 9.90 Å². The molecule has 0 saturated carbocycles. The van der Waals surface area contributed by atoms with Crippen molar-refractivity contribution in [1.82, 2.24) is 0 Å². The number of ether oxygens (including phenoxy) is 4. The van der Waals surface area contributed by atoms with Gasteiger partial charge in [0, 0.05) is 12.7 Å². The third kappa shape index (κ3) is 6.12. The summed E-state index contributed by atoms with van der Waals surface area (Å²) in [6.07, 6.45) is -0.162. The second-order valence-corrected chi connectivity index (χ2v) is 4.59. The van der Waals surface area contributed by atoms with E-state index in [1.54, 1.807) is 25.3 Å². The summed E-state index contributed by atoms with van der Waals surface area (Å²) in [4.78, 5) is 10.8. The molecule has 2 atom stereocenters. The Morgan fingerprint density at radius 2 is 1.95 bits per heavy atom. The van der Waals surface area contributed by atoms with E-state index in [1.165, 1.54) is 7.11 Å². The summed E-state index contributed by atoms with van der Waals surface area (Å²) in [5, 5.41) is 9.82. The summed E-state index contributed by atoms with van der Waals surface area (Å²) in [5.41, 5.74) is 0.477. The topological polar surface area (TPSA) is 74.2 Å². The van der Waals surface area contributed by atoms with Gasteiger partial charge in [-0.3, -0.25) is 4.79 Å². The highest BCUT2D eigenvalue weighted by atomic mass is 16.5. The molecule has 21 heavy (non-hydrogen) atoms. The number of aldehydes is 1. The molecular formula is C15H22O6. The van der Waals surface area contributed by atoms with Gasteiger partial charge in [-0.05, 0) is 25.1 Å². The normalized spacial score (nSPS) is 13.5. The minimum atomic E-state index is -0.783. The van der Waals surface area contributed by atoms with E-state index in [2.05, 4.69) is 0 Å². The van der Waals surface area contributed by atoms with E-state index in [0.717, 1.165) is 6.29 Å². The molecular weight excluding hydrogens is 276 g/mol. The lowest BCUT2D eigenvalue weighted by Gasteiger charge is -2.17. The van der Waals surface area contributed by atoms with Crippen molar-refractivity contribution in [3.63, 3.8) is 0 Å². The van der Waals surface area contributed by atoms with Gasteiger partial charge in [-0.2, -0.15) is 0 Å². The number of hydrogen-bond acceptors (Lipinski definition) is 6. The molecule has 1 rings (SSSR count). The van der Waals surface area contributed by atoms with Gasteiger partial charge in [0.05, 0.1) is 26.4 Å². The lowest BCUT2D eigenvalue weighted by Crippen LogP contribution is -2.27. The van der Waals surface area contributed by atoms with Crippen LogP contribution in [0.1, 0.15) is 17.3 Å². The largest absolute Gasteiger partial charge is 0.493 e. The molecule has 2 unspecified atom stereocenters. The molecule has 0 heterocycles. The predicted molar refractivity (Wildman–Crippen MR) is 77.2 cm³/mol. The van der Waals surface area contributed by atoms with Gasteiger partial charge in [-0.25, -0.2) is 0 Å². The number of methoxy groups -OCH3 is 2. The van der Waals surface area contributed by atoms with E-state index in [1.807, 2.05) is 6.92 Å². The Balaban J connectivity index is 2.48. The molecule has 0 aliphatic carbocycles. The van der Waals surface area contributed by atoms with Crippen molar-refractivity contribution in [3.05, 3.63) is 23.8 Å². The maximum atomic E-state index is 10.8. The second-order valence-electron chi connectivity index (χ2n) is 4.59.